The number of fused-ring (bicyclic) bond motifs is 1. The minimum absolute atomic E-state index is 0.119. The van der Waals surface area contributed by atoms with Gasteiger partial charge in [-0.05, 0) is 24.4 Å². The monoisotopic (exact) mass is 342 g/mol. The molecule has 0 aliphatic carbocycles. The minimum atomic E-state index is -0.473. The molecule has 7 heteroatoms. The van der Waals surface area contributed by atoms with E-state index >= 15 is 0 Å². The summed E-state index contributed by atoms with van der Waals surface area (Å²) in [5.41, 5.74) is 1.72. The summed E-state index contributed by atoms with van der Waals surface area (Å²) in [6, 6.07) is 8.04. The molecule has 0 fully saturated rings. The fourth-order valence-electron chi connectivity index (χ4n) is 2.19. The molecule has 2 aromatic carbocycles. The molecular formula is C14H9Cl2FN2OS. The molecule has 0 spiro atoms. The molecule has 0 aliphatic rings. The predicted molar refractivity (Wildman–Crippen MR) is 85.0 cm³/mol. The van der Waals surface area contributed by atoms with Gasteiger partial charge in [-0.15, -0.1) is 0 Å². The first kappa shape index (κ1) is 14.4. The van der Waals surface area contributed by atoms with Gasteiger partial charge in [-0.1, -0.05) is 29.3 Å². The lowest BCUT2D eigenvalue weighted by Crippen LogP contribution is -1.97. The van der Waals surface area contributed by atoms with E-state index in [1.807, 2.05) is 0 Å². The summed E-state index contributed by atoms with van der Waals surface area (Å²) in [6.07, 6.45) is 0. The average molecular weight is 343 g/mol. The van der Waals surface area contributed by atoms with Crippen LogP contribution in [0.2, 0.25) is 10.0 Å². The van der Waals surface area contributed by atoms with Crippen LogP contribution in [0.1, 0.15) is 0 Å². The summed E-state index contributed by atoms with van der Waals surface area (Å²) in [7, 11) is 1.40. The van der Waals surface area contributed by atoms with Crippen LogP contribution in [0.3, 0.4) is 0 Å². The summed E-state index contributed by atoms with van der Waals surface area (Å²) in [5, 5.41) is 0.894. The van der Waals surface area contributed by atoms with Crippen LogP contribution >= 0.6 is 35.4 Å². The summed E-state index contributed by atoms with van der Waals surface area (Å²) in [6.45, 7) is 0. The van der Waals surface area contributed by atoms with E-state index in [0.717, 1.165) is 0 Å². The maximum Gasteiger partial charge on any atom is 0.182 e. The van der Waals surface area contributed by atoms with Crippen molar-refractivity contribution in [2.45, 2.75) is 0 Å². The first-order valence-corrected chi connectivity index (χ1v) is 7.12. The molecule has 0 unspecified atom stereocenters. The smallest absolute Gasteiger partial charge is 0.182 e. The standard InChI is InChI=1S/C14H9Cl2FN2OS/c1-20-12-6-11-10(5-9(12)17)18-14(21)19(11)13-7(15)3-2-4-8(13)16/h2-6H,1H3,(H,18,21). The van der Waals surface area contributed by atoms with E-state index in [2.05, 4.69) is 4.98 Å². The maximum atomic E-state index is 13.8. The van der Waals surface area contributed by atoms with Crippen LogP contribution in [0, 0.1) is 10.6 Å². The van der Waals surface area contributed by atoms with Gasteiger partial charge in [0, 0.05) is 12.1 Å². The number of benzene rings is 2. The van der Waals surface area contributed by atoms with Gasteiger partial charge in [-0.3, -0.25) is 4.57 Å². The molecule has 0 bridgehead atoms. The zero-order valence-corrected chi connectivity index (χ0v) is 13.1. The molecule has 1 aromatic heterocycles. The van der Waals surface area contributed by atoms with Crippen LogP contribution in [0.15, 0.2) is 30.3 Å². The molecule has 0 saturated heterocycles. The van der Waals surface area contributed by atoms with Gasteiger partial charge in [0.1, 0.15) is 0 Å². The number of nitrogens with one attached hydrogen (secondary N) is 1. The lowest BCUT2D eigenvalue weighted by Gasteiger charge is -2.10. The van der Waals surface area contributed by atoms with Crippen molar-refractivity contribution in [2.75, 3.05) is 7.11 Å². The molecule has 1 heterocycles. The van der Waals surface area contributed by atoms with Gasteiger partial charge in [0.2, 0.25) is 0 Å². The first-order chi connectivity index (χ1) is 10.0. The highest BCUT2D eigenvalue weighted by Crippen LogP contribution is 2.33. The van der Waals surface area contributed by atoms with Crippen LogP contribution in [0.25, 0.3) is 16.7 Å². The molecular weight excluding hydrogens is 334 g/mol. The zero-order chi connectivity index (χ0) is 15.1. The number of aromatic amines is 1. The highest BCUT2D eigenvalue weighted by atomic mass is 35.5. The summed E-state index contributed by atoms with van der Waals surface area (Å²) >= 11 is 17.8. The average Bonchev–Trinajstić information content (AvgIpc) is 2.73. The minimum Gasteiger partial charge on any atom is -0.494 e. The van der Waals surface area contributed by atoms with Gasteiger partial charge in [0.15, 0.2) is 16.3 Å². The Hall–Kier alpha value is -1.56. The fourth-order valence-corrected chi connectivity index (χ4v) is 3.06. The number of aromatic nitrogens is 2. The topological polar surface area (TPSA) is 29.9 Å². The largest absolute Gasteiger partial charge is 0.494 e. The molecule has 0 atom stereocenters. The van der Waals surface area contributed by atoms with Crippen molar-refractivity contribution in [3.05, 3.63) is 51.0 Å². The van der Waals surface area contributed by atoms with Crippen LogP contribution < -0.4 is 4.74 Å². The van der Waals surface area contributed by atoms with E-state index < -0.39 is 5.82 Å². The number of para-hydroxylation sites is 1. The molecule has 21 heavy (non-hydrogen) atoms. The number of imidazole rings is 1. The summed E-state index contributed by atoms with van der Waals surface area (Å²) in [5.74, 6) is -0.355. The highest BCUT2D eigenvalue weighted by molar-refractivity contribution is 7.71. The van der Waals surface area contributed by atoms with Crippen LogP contribution in [-0.4, -0.2) is 16.7 Å². The van der Waals surface area contributed by atoms with Gasteiger partial charge in [-0.2, -0.15) is 0 Å². The number of hydrogen-bond donors (Lipinski definition) is 1. The van der Waals surface area contributed by atoms with Gasteiger partial charge >= 0.3 is 0 Å². The number of rotatable bonds is 2. The van der Waals surface area contributed by atoms with Gasteiger partial charge in [0.25, 0.3) is 0 Å². The second kappa shape index (κ2) is 5.33. The first-order valence-electron chi connectivity index (χ1n) is 5.95. The molecule has 0 amide bonds. The third kappa shape index (κ3) is 2.31. The van der Waals surface area contributed by atoms with Gasteiger partial charge < -0.3 is 9.72 Å². The van der Waals surface area contributed by atoms with E-state index in [4.69, 9.17) is 40.2 Å². The highest BCUT2D eigenvalue weighted by Gasteiger charge is 2.15. The molecule has 3 aromatic rings. The molecule has 0 radical (unpaired) electrons. The van der Waals surface area contributed by atoms with Crippen molar-refractivity contribution < 1.29 is 9.13 Å². The zero-order valence-electron chi connectivity index (χ0n) is 10.8. The van der Waals surface area contributed by atoms with Crippen molar-refractivity contribution in [3.8, 4) is 11.4 Å². The van der Waals surface area contributed by atoms with Crippen LogP contribution in [0.5, 0.6) is 5.75 Å². The normalized spacial score (nSPS) is 11.0. The van der Waals surface area contributed by atoms with Crippen molar-refractivity contribution in [2.24, 2.45) is 0 Å². The second-order valence-electron chi connectivity index (χ2n) is 4.34. The quantitative estimate of drug-likeness (QED) is 0.653. The molecule has 3 nitrogen and oxygen atoms in total. The maximum absolute atomic E-state index is 13.8. The van der Waals surface area contributed by atoms with Gasteiger partial charge in [0.05, 0.1) is 33.9 Å². The van der Waals surface area contributed by atoms with Crippen molar-refractivity contribution >= 4 is 46.5 Å². The van der Waals surface area contributed by atoms with Crippen molar-refractivity contribution in [1.82, 2.24) is 9.55 Å². The van der Waals surface area contributed by atoms with Crippen LogP contribution in [0.4, 0.5) is 4.39 Å². The van der Waals surface area contributed by atoms with E-state index in [9.17, 15) is 4.39 Å². The Kier molecular flexibility index (Phi) is 3.65. The molecule has 3 rings (SSSR count). The third-order valence-electron chi connectivity index (χ3n) is 3.12. The van der Waals surface area contributed by atoms with E-state index in [1.54, 1.807) is 28.8 Å². The van der Waals surface area contributed by atoms with E-state index in [0.29, 0.717) is 31.5 Å². The number of ether oxygens (including phenoxy) is 1. The Balaban J connectivity index is 2.43. The Morgan fingerprint density at radius 1 is 1.24 bits per heavy atom. The molecule has 0 saturated carbocycles. The van der Waals surface area contributed by atoms with Crippen molar-refractivity contribution in [1.29, 1.82) is 0 Å². The van der Waals surface area contributed by atoms with Crippen molar-refractivity contribution in [3.63, 3.8) is 0 Å². The predicted octanol–water partition coefficient (Wildman–Crippen LogP) is 5.14. The summed E-state index contributed by atoms with van der Waals surface area (Å²) in [4.78, 5) is 2.94. The van der Waals surface area contributed by atoms with E-state index in [1.165, 1.54) is 13.2 Å². The SMILES string of the molecule is COc1cc2c(cc1F)[nH]c(=S)n2-c1c(Cl)cccc1Cl. The third-order valence-corrected chi connectivity index (χ3v) is 4.01. The molecule has 108 valence electrons. The fraction of sp³-hybridized carbons (Fsp3) is 0.0714. The Bertz CT molecular complexity index is 884. The lowest BCUT2D eigenvalue weighted by molar-refractivity contribution is 0.387. The Morgan fingerprint density at radius 2 is 1.90 bits per heavy atom. The second-order valence-corrected chi connectivity index (χ2v) is 5.54. The molecule has 0 aliphatic heterocycles. The lowest BCUT2D eigenvalue weighted by atomic mass is 10.2. The van der Waals surface area contributed by atoms with Crippen LogP contribution in [-0.2, 0) is 0 Å². The van der Waals surface area contributed by atoms with Gasteiger partial charge in [-0.25, -0.2) is 4.39 Å². The Morgan fingerprint density at radius 3 is 2.52 bits per heavy atom. The number of nitrogens with zero attached hydrogens (tertiary/aromatic N) is 1. The number of methoxy groups -OCH3 is 1. The Labute approximate surface area is 134 Å². The number of halogens is 3. The summed E-state index contributed by atoms with van der Waals surface area (Å²) < 4.78 is 20.8. The molecule has 1 N–H and O–H groups in total. The number of H-pyrrole nitrogens is 1. The number of hydrogen-bond acceptors (Lipinski definition) is 2. The van der Waals surface area contributed by atoms with E-state index in [-0.39, 0.29) is 5.75 Å².